The molecule has 0 saturated heterocycles. The van der Waals surface area contributed by atoms with Gasteiger partial charge in [-0.3, -0.25) is 0 Å². The first-order chi connectivity index (χ1) is 12.7. The average molecular weight is 348 g/mol. The van der Waals surface area contributed by atoms with Gasteiger partial charge >= 0.3 is 11.9 Å². The highest BCUT2D eigenvalue weighted by atomic mass is 16.6. The Kier molecular flexibility index (Phi) is 7.20. The van der Waals surface area contributed by atoms with Crippen LogP contribution in [0.5, 0.6) is 0 Å². The Morgan fingerprint density at radius 2 is 1.42 bits per heavy atom. The third-order valence-corrected chi connectivity index (χ3v) is 3.37. The maximum Gasteiger partial charge on any atom is 0.345 e. The van der Waals surface area contributed by atoms with Gasteiger partial charge in [-0.25, -0.2) is 9.59 Å². The van der Waals surface area contributed by atoms with Gasteiger partial charge in [-0.05, 0) is 43.7 Å². The van der Waals surface area contributed by atoms with E-state index in [1.807, 2.05) is 48.5 Å². The van der Waals surface area contributed by atoms with Gasteiger partial charge in [-0.2, -0.15) is 0 Å². The molecular weight excluding hydrogens is 328 g/mol. The number of carbonyl (C=O) groups is 2. The molecule has 2 aromatic rings. The normalized spacial score (nSPS) is 9.46. The molecule has 132 valence electrons. The van der Waals surface area contributed by atoms with Gasteiger partial charge in [0.05, 0.1) is 13.2 Å². The molecule has 4 nitrogen and oxygen atoms in total. The molecule has 4 heteroatoms. The van der Waals surface area contributed by atoms with Crippen molar-refractivity contribution in [1.82, 2.24) is 0 Å². The first-order valence-electron chi connectivity index (χ1n) is 8.37. The summed E-state index contributed by atoms with van der Waals surface area (Å²) in [6, 6.07) is 16.8. The number of ether oxygens (including phenoxy) is 2. The largest absolute Gasteiger partial charge is 0.462 e. The summed E-state index contributed by atoms with van der Waals surface area (Å²) in [7, 11) is 0. The highest BCUT2D eigenvalue weighted by Crippen LogP contribution is 2.15. The Morgan fingerprint density at radius 1 is 0.846 bits per heavy atom. The molecule has 0 fully saturated rings. The predicted octanol–water partition coefficient (Wildman–Crippen LogP) is 3.60. The van der Waals surface area contributed by atoms with E-state index < -0.39 is 11.9 Å². The van der Waals surface area contributed by atoms with Crippen molar-refractivity contribution in [1.29, 1.82) is 0 Å². The maximum atomic E-state index is 12.1. The molecule has 0 heterocycles. The Morgan fingerprint density at radius 3 is 2.04 bits per heavy atom. The number of esters is 2. The zero-order chi connectivity index (χ0) is 18.8. The van der Waals surface area contributed by atoms with E-state index in [-0.39, 0.29) is 18.8 Å². The Balaban J connectivity index is 2.42. The van der Waals surface area contributed by atoms with E-state index in [0.29, 0.717) is 11.1 Å². The van der Waals surface area contributed by atoms with Gasteiger partial charge < -0.3 is 9.47 Å². The summed E-state index contributed by atoms with van der Waals surface area (Å²) in [6.07, 6.45) is 1.46. The summed E-state index contributed by atoms with van der Waals surface area (Å²) in [5.41, 5.74) is 2.07. The lowest BCUT2D eigenvalue weighted by Crippen LogP contribution is -2.18. The number of rotatable bonds is 5. The highest BCUT2D eigenvalue weighted by Gasteiger charge is 2.21. The quantitative estimate of drug-likeness (QED) is 0.272. The van der Waals surface area contributed by atoms with Crippen LogP contribution >= 0.6 is 0 Å². The van der Waals surface area contributed by atoms with Crippen LogP contribution in [0, 0.1) is 11.8 Å². The summed E-state index contributed by atoms with van der Waals surface area (Å²) >= 11 is 0. The van der Waals surface area contributed by atoms with Gasteiger partial charge in [0.15, 0.2) is 0 Å². The number of hydrogen-bond acceptors (Lipinski definition) is 4. The van der Waals surface area contributed by atoms with Crippen molar-refractivity contribution >= 4 is 18.0 Å². The van der Waals surface area contributed by atoms with E-state index in [2.05, 4.69) is 11.8 Å². The molecule has 0 aromatic heterocycles. The Bertz CT molecular complexity index is 834. The van der Waals surface area contributed by atoms with Gasteiger partial charge in [0.25, 0.3) is 0 Å². The minimum Gasteiger partial charge on any atom is -0.462 e. The van der Waals surface area contributed by atoms with E-state index in [1.54, 1.807) is 19.9 Å². The van der Waals surface area contributed by atoms with Crippen molar-refractivity contribution in [3.05, 3.63) is 76.9 Å². The van der Waals surface area contributed by atoms with Crippen molar-refractivity contribution in [3.8, 4) is 11.8 Å². The maximum absolute atomic E-state index is 12.1. The van der Waals surface area contributed by atoms with E-state index in [1.165, 1.54) is 6.08 Å². The van der Waals surface area contributed by atoms with Crippen LogP contribution < -0.4 is 0 Å². The molecule has 0 saturated carbocycles. The molecule has 0 atom stereocenters. The van der Waals surface area contributed by atoms with Gasteiger partial charge in [-0.1, -0.05) is 48.2 Å². The van der Waals surface area contributed by atoms with Gasteiger partial charge in [-0.15, -0.1) is 0 Å². The molecule has 0 spiro atoms. The van der Waals surface area contributed by atoms with Crippen molar-refractivity contribution in [2.45, 2.75) is 13.8 Å². The SMILES string of the molecule is CCOC(=O)C(=Cc1ccccc1C#Cc1ccccc1)C(=O)OCC. The number of benzene rings is 2. The molecule has 0 N–H and O–H groups in total. The molecule has 26 heavy (non-hydrogen) atoms. The van der Waals surface area contributed by atoms with Crippen LogP contribution in [0.4, 0.5) is 0 Å². The molecule has 0 radical (unpaired) electrons. The molecule has 0 aliphatic heterocycles. The second-order valence-corrected chi connectivity index (χ2v) is 5.20. The Labute approximate surface area is 153 Å². The zero-order valence-corrected chi connectivity index (χ0v) is 14.8. The van der Waals surface area contributed by atoms with Crippen molar-refractivity contribution in [3.63, 3.8) is 0 Å². The molecular formula is C22H20O4. The fraction of sp³-hybridized carbons (Fsp3) is 0.182. The predicted molar refractivity (Wildman–Crippen MR) is 100 cm³/mol. The lowest BCUT2D eigenvalue weighted by atomic mass is 10.0. The zero-order valence-electron chi connectivity index (χ0n) is 14.8. The van der Waals surface area contributed by atoms with Crippen LogP contribution in [0.1, 0.15) is 30.5 Å². The first kappa shape index (κ1) is 19.0. The lowest BCUT2D eigenvalue weighted by molar-refractivity contribution is -0.146. The van der Waals surface area contributed by atoms with Crippen LogP contribution in [0.25, 0.3) is 6.08 Å². The van der Waals surface area contributed by atoms with E-state index in [4.69, 9.17) is 9.47 Å². The summed E-state index contributed by atoms with van der Waals surface area (Å²) < 4.78 is 9.94. The summed E-state index contributed by atoms with van der Waals surface area (Å²) in [6.45, 7) is 3.70. The van der Waals surface area contributed by atoms with Crippen LogP contribution in [0.15, 0.2) is 60.2 Å². The minimum atomic E-state index is -0.711. The second-order valence-electron chi connectivity index (χ2n) is 5.20. The van der Waals surface area contributed by atoms with E-state index in [9.17, 15) is 9.59 Å². The Hall–Kier alpha value is -3.32. The topological polar surface area (TPSA) is 52.6 Å². The molecule has 2 rings (SSSR count). The van der Waals surface area contributed by atoms with Crippen molar-refractivity contribution in [2.24, 2.45) is 0 Å². The average Bonchev–Trinajstić information content (AvgIpc) is 2.66. The third-order valence-electron chi connectivity index (χ3n) is 3.37. The third kappa shape index (κ3) is 5.35. The summed E-state index contributed by atoms with van der Waals surface area (Å²) in [4.78, 5) is 24.3. The van der Waals surface area contributed by atoms with E-state index in [0.717, 1.165) is 5.56 Å². The molecule has 0 bridgehead atoms. The van der Waals surface area contributed by atoms with Gasteiger partial charge in [0.1, 0.15) is 5.57 Å². The van der Waals surface area contributed by atoms with Gasteiger partial charge in [0, 0.05) is 11.1 Å². The van der Waals surface area contributed by atoms with E-state index >= 15 is 0 Å². The molecule has 0 aliphatic rings. The van der Waals surface area contributed by atoms with Crippen LogP contribution in [-0.4, -0.2) is 25.2 Å². The summed E-state index contributed by atoms with van der Waals surface area (Å²) in [5, 5.41) is 0. The summed E-state index contributed by atoms with van der Waals surface area (Å²) in [5.74, 6) is 4.73. The van der Waals surface area contributed by atoms with Gasteiger partial charge in [0.2, 0.25) is 0 Å². The van der Waals surface area contributed by atoms with Crippen molar-refractivity contribution in [2.75, 3.05) is 13.2 Å². The smallest absolute Gasteiger partial charge is 0.345 e. The van der Waals surface area contributed by atoms with Crippen LogP contribution in [-0.2, 0) is 19.1 Å². The molecule has 2 aromatic carbocycles. The van der Waals surface area contributed by atoms with Crippen LogP contribution in [0.3, 0.4) is 0 Å². The molecule has 0 amide bonds. The molecule has 0 aliphatic carbocycles. The second kappa shape index (κ2) is 9.85. The first-order valence-corrected chi connectivity index (χ1v) is 8.37. The minimum absolute atomic E-state index is 0.150. The standard InChI is InChI=1S/C22H20O4/c1-3-25-21(23)20(22(24)26-4-2)16-19-13-9-8-12-18(19)15-14-17-10-6-5-7-11-17/h5-13,16H,3-4H2,1-2H3. The fourth-order valence-electron chi connectivity index (χ4n) is 2.17. The van der Waals surface area contributed by atoms with Crippen molar-refractivity contribution < 1.29 is 19.1 Å². The lowest BCUT2D eigenvalue weighted by Gasteiger charge is -2.07. The number of hydrogen-bond donors (Lipinski definition) is 0. The monoisotopic (exact) mass is 348 g/mol. The van der Waals surface area contributed by atoms with Crippen LogP contribution in [0.2, 0.25) is 0 Å². The molecule has 0 unspecified atom stereocenters. The highest BCUT2D eigenvalue weighted by molar-refractivity contribution is 6.17. The number of carbonyl (C=O) groups excluding carboxylic acids is 2. The fourth-order valence-corrected chi connectivity index (χ4v) is 2.17.